The SMILES string of the molecule is COC(=O)C1=CC2=NN=CC2C=C1NC(=O)c1ccc(N2CC=NC2)nn1. The minimum atomic E-state index is -0.579. The number of hydrogen-bond acceptors (Lipinski definition) is 9. The lowest BCUT2D eigenvalue weighted by molar-refractivity contribution is -0.135. The number of methoxy groups -OCH3 is 1. The van der Waals surface area contributed by atoms with Crippen molar-refractivity contribution >= 4 is 35.8 Å². The Kier molecular flexibility index (Phi) is 4.29. The predicted molar refractivity (Wildman–Crippen MR) is 97.8 cm³/mol. The Morgan fingerprint density at radius 3 is 2.89 bits per heavy atom. The number of carbonyl (C=O) groups is 2. The Hall–Kier alpha value is -3.69. The fraction of sp³-hybridized carbons (Fsp3) is 0.235. The van der Waals surface area contributed by atoms with Gasteiger partial charge in [0.25, 0.3) is 5.91 Å². The Morgan fingerprint density at radius 2 is 2.19 bits per heavy atom. The number of hydrogen-bond donors (Lipinski definition) is 1. The molecule has 3 aliphatic rings. The summed E-state index contributed by atoms with van der Waals surface area (Å²) in [5.74, 6) is -0.621. The highest BCUT2D eigenvalue weighted by molar-refractivity contribution is 6.15. The van der Waals surface area contributed by atoms with E-state index in [4.69, 9.17) is 4.74 Å². The van der Waals surface area contributed by atoms with Gasteiger partial charge < -0.3 is 15.0 Å². The molecule has 1 aromatic rings. The van der Waals surface area contributed by atoms with Gasteiger partial charge in [0.15, 0.2) is 11.5 Å². The number of amides is 1. The molecular formula is C17H15N7O3. The zero-order chi connectivity index (χ0) is 18.8. The molecule has 4 rings (SSSR count). The maximum absolute atomic E-state index is 12.6. The molecule has 0 fully saturated rings. The van der Waals surface area contributed by atoms with Crippen LogP contribution < -0.4 is 10.2 Å². The number of nitrogens with zero attached hydrogens (tertiary/aromatic N) is 6. The number of fused-ring (bicyclic) bond motifs is 1. The third kappa shape index (κ3) is 3.24. The molecule has 0 saturated carbocycles. The Labute approximate surface area is 154 Å². The Balaban J connectivity index is 1.52. The molecule has 0 saturated heterocycles. The number of allylic oxidation sites excluding steroid dienone is 2. The van der Waals surface area contributed by atoms with Crippen molar-refractivity contribution in [3.05, 3.63) is 41.2 Å². The van der Waals surface area contributed by atoms with E-state index in [2.05, 4.69) is 30.7 Å². The predicted octanol–water partition coefficient (Wildman–Crippen LogP) is 0.108. The first-order chi connectivity index (χ1) is 13.2. The van der Waals surface area contributed by atoms with Crippen LogP contribution in [-0.2, 0) is 9.53 Å². The topological polar surface area (TPSA) is 122 Å². The molecule has 0 radical (unpaired) electrons. The number of aromatic nitrogens is 2. The second-order valence-electron chi connectivity index (χ2n) is 5.91. The number of rotatable bonds is 4. The maximum Gasteiger partial charge on any atom is 0.340 e. The smallest absolute Gasteiger partial charge is 0.340 e. The van der Waals surface area contributed by atoms with E-state index >= 15 is 0 Å². The third-order valence-corrected chi connectivity index (χ3v) is 4.21. The van der Waals surface area contributed by atoms with Crippen molar-refractivity contribution in [2.24, 2.45) is 21.1 Å². The van der Waals surface area contributed by atoms with Crippen LogP contribution in [0.15, 0.2) is 50.8 Å². The van der Waals surface area contributed by atoms with Gasteiger partial charge in [-0.2, -0.15) is 10.2 Å². The van der Waals surface area contributed by atoms with Gasteiger partial charge in [0.1, 0.15) is 6.67 Å². The van der Waals surface area contributed by atoms with Crippen molar-refractivity contribution in [2.45, 2.75) is 0 Å². The zero-order valence-electron chi connectivity index (χ0n) is 14.4. The highest BCUT2D eigenvalue weighted by Gasteiger charge is 2.28. The lowest BCUT2D eigenvalue weighted by Gasteiger charge is -2.18. The van der Waals surface area contributed by atoms with E-state index in [0.29, 0.717) is 30.4 Å². The van der Waals surface area contributed by atoms with Gasteiger partial charge in [-0.25, -0.2) is 4.79 Å². The summed E-state index contributed by atoms with van der Waals surface area (Å²) < 4.78 is 4.79. The summed E-state index contributed by atoms with van der Waals surface area (Å²) >= 11 is 0. The van der Waals surface area contributed by atoms with Crippen LogP contribution in [-0.4, -0.2) is 60.5 Å². The van der Waals surface area contributed by atoms with Crippen LogP contribution in [0.3, 0.4) is 0 Å². The van der Waals surface area contributed by atoms with Gasteiger partial charge in [-0.1, -0.05) is 0 Å². The summed E-state index contributed by atoms with van der Waals surface area (Å²) in [6.07, 6.45) is 6.67. The zero-order valence-corrected chi connectivity index (χ0v) is 14.4. The van der Waals surface area contributed by atoms with Crippen LogP contribution in [0.4, 0.5) is 5.82 Å². The Bertz CT molecular complexity index is 936. The number of nitrogens with one attached hydrogen (secondary N) is 1. The van der Waals surface area contributed by atoms with Gasteiger partial charge in [0.05, 0.1) is 36.6 Å². The highest BCUT2D eigenvalue weighted by atomic mass is 16.5. The summed E-state index contributed by atoms with van der Waals surface area (Å²) in [5.41, 5.74) is 1.27. The molecule has 2 aliphatic heterocycles. The van der Waals surface area contributed by atoms with E-state index in [9.17, 15) is 9.59 Å². The lowest BCUT2D eigenvalue weighted by Crippen LogP contribution is -2.31. The molecule has 10 heteroatoms. The molecule has 1 N–H and O–H groups in total. The van der Waals surface area contributed by atoms with E-state index in [1.54, 1.807) is 36.7 Å². The summed E-state index contributed by atoms with van der Waals surface area (Å²) in [5, 5.41) is 18.5. The molecule has 1 atom stereocenters. The molecule has 136 valence electrons. The van der Waals surface area contributed by atoms with Crippen molar-refractivity contribution < 1.29 is 14.3 Å². The van der Waals surface area contributed by atoms with Crippen molar-refractivity contribution in [1.82, 2.24) is 15.5 Å². The number of esters is 1. The molecule has 27 heavy (non-hydrogen) atoms. The molecular weight excluding hydrogens is 350 g/mol. The standard InChI is InChI=1S/C17H15N7O3/c1-27-17(26)11-7-13-10(8-19-21-13)6-14(11)20-16(25)12-2-3-15(23-22-12)24-5-4-18-9-24/h2-4,6-8,10H,5,9H2,1H3,(H,20,25). The average Bonchev–Trinajstić information content (AvgIpc) is 3.38. The summed E-state index contributed by atoms with van der Waals surface area (Å²) in [7, 11) is 1.27. The fourth-order valence-electron chi connectivity index (χ4n) is 2.79. The van der Waals surface area contributed by atoms with Crippen LogP contribution in [0.1, 0.15) is 10.5 Å². The molecule has 0 bridgehead atoms. The summed E-state index contributed by atoms with van der Waals surface area (Å²) in [6.45, 7) is 1.18. The molecule has 0 aromatic carbocycles. The van der Waals surface area contributed by atoms with E-state index in [-0.39, 0.29) is 17.2 Å². The third-order valence-electron chi connectivity index (χ3n) is 4.21. The molecule has 1 aromatic heterocycles. The molecule has 1 aliphatic carbocycles. The van der Waals surface area contributed by atoms with Crippen molar-refractivity contribution in [1.29, 1.82) is 0 Å². The average molecular weight is 365 g/mol. The second-order valence-corrected chi connectivity index (χ2v) is 5.91. The minimum Gasteiger partial charge on any atom is -0.465 e. The molecule has 0 spiro atoms. The van der Waals surface area contributed by atoms with Gasteiger partial charge in [-0.05, 0) is 24.3 Å². The molecule has 1 unspecified atom stereocenters. The first kappa shape index (κ1) is 16.8. The first-order valence-electron chi connectivity index (χ1n) is 8.17. The number of anilines is 1. The second kappa shape index (κ2) is 6.90. The minimum absolute atomic E-state index is 0.128. The van der Waals surface area contributed by atoms with Crippen LogP contribution in [0.25, 0.3) is 0 Å². The quantitative estimate of drug-likeness (QED) is 0.756. The van der Waals surface area contributed by atoms with Crippen LogP contribution >= 0.6 is 0 Å². The van der Waals surface area contributed by atoms with Crippen molar-refractivity contribution in [3.63, 3.8) is 0 Å². The van der Waals surface area contributed by atoms with Gasteiger partial charge in [-0.3, -0.25) is 9.79 Å². The van der Waals surface area contributed by atoms with Gasteiger partial charge >= 0.3 is 5.97 Å². The Morgan fingerprint density at radius 1 is 1.30 bits per heavy atom. The number of aliphatic imine (C=N–C) groups is 1. The van der Waals surface area contributed by atoms with Gasteiger partial charge in [0.2, 0.25) is 0 Å². The number of ether oxygens (including phenoxy) is 1. The first-order valence-corrected chi connectivity index (χ1v) is 8.17. The van der Waals surface area contributed by atoms with Crippen LogP contribution in [0.2, 0.25) is 0 Å². The summed E-state index contributed by atoms with van der Waals surface area (Å²) in [6, 6.07) is 3.28. The molecule has 1 amide bonds. The largest absolute Gasteiger partial charge is 0.465 e. The van der Waals surface area contributed by atoms with Crippen LogP contribution in [0, 0.1) is 5.92 Å². The van der Waals surface area contributed by atoms with E-state index in [1.165, 1.54) is 7.11 Å². The van der Waals surface area contributed by atoms with Crippen molar-refractivity contribution in [2.75, 3.05) is 25.2 Å². The van der Waals surface area contributed by atoms with E-state index < -0.39 is 11.9 Å². The maximum atomic E-state index is 12.6. The molecule has 3 heterocycles. The summed E-state index contributed by atoms with van der Waals surface area (Å²) in [4.78, 5) is 30.6. The number of carbonyl (C=O) groups excluding carboxylic acids is 2. The lowest BCUT2D eigenvalue weighted by atomic mass is 9.93. The van der Waals surface area contributed by atoms with E-state index in [1.807, 2.05) is 4.90 Å². The molecule has 10 nitrogen and oxygen atoms in total. The van der Waals surface area contributed by atoms with Crippen LogP contribution in [0.5, 0.6) is 0 Å². The van der Waals surface area contributed by atoms with E-state index in [0.717, 1.165) is 0 Å². The highest BCUT2D eigenvalue weighted by Crippen LogP contribution is 2.23. The van der Waals surface area contributed by atoms with Gasteiger partial charge in [-0.15, -0.1) is 10.2 Å². The normalized spacial score (nSPS) is 20.0. The monoisotopic (exact) mass is 365 g/mol. The van der Waals surface area contributed by atoms with Gasteiger partial charge in [0, 0.05) is 12.4 Å². The van der Waals surface area contributed by atoms with Crippen molar-refractivity contribution in [3.8, 4) is 0 Å². The fourth-order valence-corrected chi connectivity index (χ4v) is 2.79.